The second kappa shape index (κ2) is 15.4. The molecule has 0 aliphatic carbocycles. The molecule has 0 fully saturated rings. The summed E-state index contributed by atoms with van der Waals surface area (Å²) in [6, 6.07) is 27.1. The van der Waals surface area contributed by atoms with Crippen molar-refractivity contribution in [1.29, 1.82) is 0 Å². The monoisotopic (exact) mass is 576 g/mol. The molecule has 43 heavy (non-hydrogen) atoms. The Kier molecular flexibility index (Phi) is 11.1. The third-order valence-corrected chi connectivity index (χ3v) is 7.43. The smallest absolute Gasteiger partial charge is 0.336 e. The van der Waals surface area contributed by atoms with Crippen LogP contribution in [0.3, 0.4) is 0 Å². The normalized spacial score (nSPS) is 11.1. The minimum absolute atomic E-state index is 0.0385. The number of nitrogens with two attached hydrogens (primary N) is 2. The SMILES string of the molecule is CCCc1ccc(-c2ccc(C(=O)/C=C/c3ccc(OCCCCCCc4c(N)cc(N)cc4C(=O)O)cc3)cc2)cc1. The third kappa shape index (κ3) is 9.07. The second-order valence-corrected chi connectivity index (χ2v) is 10.7. The van der Waals surface area contributed by atoms with E-state index in [9.17, 15) is 14.7 Å². The average Bonchev–Trinajstić information content (AvgIpc) is 3.01. The highest BCUT2D eigenvalue weighted by atomic mass is 16.5. The summed E-state index contributed by atoms with van der Waals surface area (Å²) >= 11 is 0. The molecule has 0 heterocycles. The van der Waals surface area contributed by atoms with Gasteiger partial charge in [-0.25, -0.2) is 4.79 Å². The Morgan fingerprint density at radius 1 is 0.791 bits per heavy atom. The second-order valence-electron chi connectivity index (χ2n) is 10.7. The fourth-order valence-electron chi connectivity index (χ4n) is 5.06. The van der Waals surface area contributed by atoms with Crippen LogP contribution in [0.15, 0.2) is 91.0 Å². The van der Waals surface area contributed by atoms with E-state index in [0.717, 1.165) is 61.0 Å². The summed E-state index contributed by atoms with van der Waals surface area (Å²) in [5, 5.41) is 9.43. The molecule has 0 radical (unpaired) electrons. The molecule has 0 aliphatic heterocycles. The van der Waals surface area contributed by atoms with E-state index in [1.165, 1.54) is 11.6 Å². The number of ketones is 1. The van der Waals surface area contributed by atoms with Gasteiger partial charge in [0.25, 0.3) is 0 Å². The summed E-state index contributed by atoms with van der Waals surface area (Å²) in [6.45, 7) is 2.77. The molecule has 4 rings (SSSR count). The number of unbranched alkanes of at least 4 members (excludes halogenated alkanes) is 3. The van der Waals surface area contributed by atoms with E-state index in [2.05, 4.69) is 31.2 Å². The molecule has 4 aromatic rings. The number of allylic oxidation sites excluding steroid dienone is 1. The molecule has 0 atom stereocenters. The quantitative estimate of drug-likeness (QED) is 0.0568. The number of carbonyl (C=O) groups is 2. The van der Waals surface area contributed by atoms with Gasteiger partial charge in [-0.3, -0.25) is 4.79 Å². The predicted molar refractivity (Wildman–Crippen MR) is 176 cm³/mol. The first kappa shape index (κ1) is 31.1. The van der Waals surface area contributed by atoms with Crippen LogP contribution in [0.5, 0.6) is 5.75 Å². The highest BCUT2D eigenvalue weighted by molar-refractivity contribution is 6.07. The van der Waals surface area contributed by atoms with Gasteiger partial charge in [-0.1, -0.05) is 92.9 Å². The van der Waals surface area contributed by atoms with Crippen LogP contribution >= 0.6 is 0 Å². The van der Waals surface area contributed by atoms with Crippen LogP contribution < -0.4 is 16.2 Å². The van der Waals surface area contributed by atoms with Crippen molar-refractivity contribution < 1.29 is 19.4 Å². The molecule has 0 bridgehead atoms. The number of aryl methyl sites for hydroxylation is 1. The average molecular weight is 577 g/mol. The Labute approximate surface area is 254 Å². The molecular formula is C37H40N2O4. The maximum atomic E-state index is 12.7. The molecule has 0 aliphatic rings. The number of anilines is 2. The van der Waals surface area contributed by atoms with Gasteiger partial charge in [-0.05, 0) is 83.8 Å². The first-order valence-electron chi connectivity index (χ1n) is 14.9. The number of hydrogen-bond acceptors (Lipinski definition) is 5. The predicted octanol–water partition coefficient (Wildman–Crippen LogP) is 8.25. The number of ether oxygens (including phenoxy) is 1. The number of rotatable bonds is 15. The van der Waals surface area contributed by atoms with Crippen molar-refractivity contribution in [2.24, 2.45) is 0 Å². The molecule has 6 nitrogen and oxygen atoms in total. The van der Waals surface area contributed by atoms with Crippen molar-refractivity contribution in [1.82, 2.24) is 0 Å². The largest absolute Gasteiger partial charge is 0.494 e. The summed E-state index contributed by atoms with van der Waals surface area (Å²) in [5.74, 6) is -0.268. The number of nitrogen functional groups attached to an aromatic ring is 2. The van der Waals surface area contributed by atoms with Gasteiger partial charge in [0, 0.05) is 16.9 Å². The van der Waals surface area contributed by atoms with Crippen LogP contribution in [-0.2, 0) is 12.8 Å². The maximum absolute atomic E-state index is 12.7. The molecule has 0 aromatic heterocycles. The molecule has 6 heteroatoms. The Hall–Kier alpha value is -4.84. The summed E-state index contributed by atoms with van der Waals surface area (Å²) in [6.07, 6.45) is 9.87. The molecule has 4 aromatic carbocycles. The number of carbonyl (C=O) groups excluding carboxylic acids is 1. The Morgan fingerprint density at radius 3 is 2.09 bits per heavy atom. The van der Waals surface area contributed by atoms with Crippen LogP contribution in [-0.4, -0.2) is 23.5 Å². The number of aromatic carboxylic acids is 1. The first-order valence-corrected chi connectivity index (χ1v) is 14.9. The number of carboxylic acid groups (broad SMARTS) is 1. The molecule has 0 spiro atoms. The summed E-state index contributed by atoms with van der Waals surface area (Å²) in [7, 11) is 0. The molecule has 222 valence electrons. The lowest BCUT2D eigenvalue weighted by Crippen LogP contribution is -2.08. The van der Waals surface area contributed by atoms with E-state index >= 15 is 0 Å². The Bertz CT molecular complexity index is 1540. The van der Waals surface area contributed by atoms with Crippen molar-refractivity contribution in [2.45, 2.75) is 51.9 Å². The van der Waals surface area contributed by atoms with Crippen molar-refractivity contribution in [3.05, 3.63) is 119 Å². The lowest BCUT2D eigenvalue weighted by molar-refractivity contribution is 0.0695. The van der Waals surface area contributed by atoms with Gasteiger partial charge in [0.2, 0.25) is 0 Å². The summed E-state index contributed by atoms with van der Waals surface area (Å²) in [5.41, 5.74) is 18.5. The van der Waals surface area contributed by atoms with Crippen molar-refractivity contribution >= 4 is 29.2 Å². The topological polar surface area (TPSA) is 116 Å². The van der Waals surface area contributed by atoms with Crippen LogP contribution in [0, 0.1) is 0 Å². The van der Waals surface area contributed by atoms with Crippen LogP contribution in [0.25, 0.3) is 17.2 Å². The van der Waals surface area contributed by atoms with E-state index < -0.39 is 5.97 Å². The van der Waals surface area contributed by atoms with E-state index in [4.69, 9.17) is 16.2 Å². The van der Waals surface area contributed by atoms with Gasteiger partial charge in [0.1, 0.15) is 5.75 Å². The number of carboxylic acids is 1. The van der Waals surface area contributed by atoms with Crippen LogP contribution in [0.2, 0.25) is 0 Å². The standard InChI is InChI=1S/C37H40N2O4/c1-2-7-26-9-14-28(15-10-26)29-16-18-30(19-17-29)36(40)22-13-27-11-20-32(21-12-27)43-23-6-4-3-5-8-33-34(37(41)42)24-31(38)25-35(33)39/h9-22,24-25H,2-8,23,38-39H2,1H3,(H,41,42)/b22-13+. The van der Waals surface area contributed by atoms with Crippen LogP contribution in [0.4, 0.5) is 11.4 Å². The number of benzene rings is 4. The van der Waals surface area contributed by atoms with Gasteiger partial charge in [0.05, 0.1) is 12.2 Å². The Balaban J connectivity index is 1.17. The van der Waals surface area contributed by atoms with Crippen LogP contribution in [0.1, 0.15) is 76.4 Å². The number of hydrogen-bond donors (Lipinski definition) is 3. The summed E-state index contributed by atoms with van der Waals surface area (Å²) in [4.78, 5) is 24.2. The zero-order valence-corrected chi connectivity index (χ0v) is 24.7. The van der Waals surface area contributed by atoms with Gasteiger partial charge in [-0.15, -0.1) is 0 Å². The Morgan fingerprint density at radius 2 is 1.44 bits per heavy atom. The zero-order valence-electron chi connectivity index (χ0n) is 24.7. The minimum atomic E-state index is -1.01. The minimum Gasteiger partial charge on any atom is -0.494 e. The van der Waals surface area contributed by atoms with Crippen molar-refractivity contribution in [3.8, 4) is 16.9 Å². The van der Waals surface area contributed by atoms with E-state index in [0.29, 0.717) is 35.5 Å². The molecule has 0 saturated carbocycles. The zero-order chi connectivity index (χ0) is 30.6. The first-order chi connectivity index (χ1) is 20.8. The van der Waals surface area contributed by atoms with E-state index in [1.807, 2.05) is 54.6 Å². The fourth-order valence-corrected chi connectivity index (χ4v) is 5.06. The van der Waals surface area contributed by atoms with E-state index in [1.54, 1.807) is 12.1 Å². The highest BCUT2D eigenvalue weighted by Gasteiger charge is 2.14. The van der Waals surface area contributed by atoms with Gasteiger partial charge < -0.3 is 21.3 Å². The lowest BCUT2D eigenvalue weighted by Gasteiger charge is -2.11. The molecule has 0 amide bonds. The highest BCUT2D eigenvalue weighted by Crippen LogP contribution is 2.25. The van der Waals surface area contributed by atoms with E-state index in [-0.39, 0.29) is 11.3 Å². The molecule has 5 N–H and O–H groups in total. The molecule has 0 saturated heterocycles. The summed E-state index contributed by atoms with van der Waals surface area (Å²) < 4.78 is 5.87. The van der Waals surface area contributed by atoms with Gasteiger partial charge in [0.15, 0.2) is 5.78 Å². The van der Waals surface area contributed by atoms with Gasteiger partial charge in [-0.2, -0.15) is 0 Å². The van der Waals surface area contributed by atoms with Gasteiger partial charge >= 0.3 is 5.97 Å². The lowest BCUT2D eigenvalue weighted by atomic mass is 9.98. The fraction of sp³-hybridized carbons (Fsp3) is 0.243. The maximum Gasteiger partial charge on any atom is 0.336 e. The molecule has 0 unspecified atom stereocenters. The molecular weight excluding hydrogens is 536 g/mol. The van der Waals surface area contributed by atoms with Crippen molar-refractivity contribution in [2.75, 3.05) is 18.1 Å². The van der Waals surface area contributed by atoms with Crippen molar-refractivity contribution in [3.63, 3.8) is 0 Å². The third-order valence-electron chi connectivity index (χ3n) is 7.43.